The Kier molecular flexibility index (Phi) is 5.71. The van der Waals surface area contributed by atoms with Crippen LogP contribution in [0.4, 0.5) is 4.79 Å². The Labute approximate surface area is 113 Å². The largest absolute Gasteiger partial charge is 0.389 e. The molecule has 0 aliphatic carbocycles. The van der Waals surface area contributed by atoms with Crippen LogP contribution in [-0.4, -0.2) is 78.8 Å². The van der Waals surface area contributed by atoms with Crippen molar-refractivity contribution >= 4 is 11.9 Å². The highest BCUT2D eigenvalue weighted by atomic mass is 16.3. The van der Waals surface area contributed by atoms with E-state index in [9.17, 15) is 14.7 Å². The Morgan fingerprint density at radius 2 is 1.68 bits per heavy atom. The standard InChI is InChI=1S/C12H24N4O3/c1-12(2,19)9-16-6-4-15(5-7-16)8-10(17)14-11(18)13-3/h19H,4-9H2,1-3H3,(H2,13,14,17,18). The van der Waals surface area contributed by atoms with Gasteiger partial charge in [-0.15, -0.1) is 0 Å². The highest BCUT2D eigenvalue weighted by molar-refractivity contribution is 5.95. The minimum absolute atomic E-state index is 0.226. The molecule has 1 aliphatic rings. The monoisotopic (exact) mass is 272 g/mol. The molecule has 3 amide bonds. The summed E-state index contributed by atoms with van der Waals surface area (Å²) in [7, 11) is 1.47. The van der Waals surface area contributed by atoms with E-state index < -0.39 is 11.6 Å². The van der Waals surface area contributed by atoms with Gasteiger partial charge in [-0.25, -0.2) is 4.79 Å². The molecule has 1 fully saturated rings. The van der Waals surface area contributed by atoms with E-state index in [-0.39, 0.29) is 12.5 Å². The number of nitrogens with zero attached hydrogens (tertiary/aromatic N) is 2. The molecular weight excluding hydrogens is 248 g/mol. The van der Waals surface area contributed by atoms with Gasteiger partial charge in [0.05, 0.1) is 12.1 Å². The van der Waals surface area contributed by atoms with Crippen molar-refractivity contribution in [2.75, 3.05) is 46.3 Å². The minimum Gasteiger partial charge on any atom is -0.389 e. The number of urea groups is 1. The van der Waals surface area contributed by atoms with E-state index in [0.29, 0.717) is 6.54 Å². The average Bonchev–Trinajstić information content (AvgIpc) is 2.29. The zero-order chi connectivity index (χ0) is 14.5. The van der Waals surface area contributed by atoms with Crippen LogP contribution in [0.1, 0.15) is 13.8 Å². The number of imide groups is 1. The quantitative estimate of drug-likeness (QED) is 0.600. The van der Waals surface area contributed by atoms with Crippen molar-refractivity contribution in [1.82, 2.24) is 20.4 Å². The zero-order valence-electron chi connectivity index (χ0n) is 11.9. The summed E-state index contributed by atoms with van der Waals surface area (Å²) in [6, 6.07) is -0.481. The summed E-state index contributed by atoms with van der Waals surface area (Å²) < 4.78 is 0. The van der Waals surface area contributed by atoms with Gasteiger partial charge in [0.1, 0.15) is 0 Å². The molecule has 0 unspecified atom stereocenters. The van der Waals surface area contributed by atoms with Gasteiger partial charge in [0, 0.05) is 39.8 Å². The molecule has 1 aliphatic heterocycles. The molecule has 7 heteroatoms. The summed E-state index contributed by atoms with van der Waals surface area (Å²) in [5.74, 6) is -0.296. The molecule has 0 aromatic rings. The summed E-state index contributed by atoms with van der Waals surface area (Å²) in [4.78, 5) is 26.7. The predicted molar refractivity (Wildman–Crippen MR) is 71.8 cm³/mol. The SMILES string of the molecule is CNC(=O)NC(=O)CN1CCN(CC(C)(C)O)CC1. The molecule has 7 nitrogen and oxygen atoms in total. The molecule has 110 valence electrons. The van der Waals surface area contributed by atoms with E-state index >= 15 is 0 Å². The van der Waals surface area contributed by atoms with Crippen LogP contribution in [0.25, 0.3) is 0 Å². The fourth-order valence-corrected chi connectivity index (χ4v) is 2.08. The molecule has 0 aromatic heterocycles. The van der Waals surface area contributed by atoms with Crippen molar-refractivity contribution in [3.8, 4) is 0 Å². The van der Waals surface area contributed by atoms with Gasteiger partial charge in [-0.1, -0.05) is 0 Å². The Morgan fingerprint density at radius 3 is 2.16 bits per heavy atom. The predicted octanol–water partition coefficient (Wildman–Crippen LogP) is -1.17. The van der Waals surface area contributed by atoms with Crippen LogP contribution in [0, 0.1) is 0 Å². The molecule has 0 atom stereocenters. The first-order valence-corrected chi connectivity index (χ1v) is 6.49. The first kappa shape index (κ1) is 15.9. The van der Waals surface area contributed by atoms with Crippen LogP contribution < -0.4 is 10.6 Å². The molecule has 19 heavy (non-hydrogen) atoms. The van der Waals surface area contributed by atoms with Crippen LogP contribution >= 0.6 is 0 Å². The second kappa shape index (κ2) is 6.83. The van der Waals surface area contributed by atoms with Crippen LogP contribution in [0.2, 0.25) is 0 Å². The van der Waals surface area contributed by atoms with Crippen molar-refractivity contribution in [3.63, 3.8) is 0 Å². The van der Waals surface area contributed by atoms with Crippen molar-refractivity contribution in [3.05, 3.63) is 0 Å². The van der Waals surface area contributed by atoms with Gasteiger partial charge in [0.15, 0.2) is 0 Å². The molecule has 1 saturated heterocycles. The fraction of sp³-hybridized carbons (Fsp3) is 0.833. The molecule has 1 heterocycles. The summed E-state index contributed by atoms with van der Waals surface area (Å²) in [6.45, 7) is 7.59. The molecule has 0 radical (unpaired) electrons. The van der Waals surface area contributed by atoms with E-state index in [1.165, 1.54) is 7.05 Å². The first-order valence-electron chi connectivity index (χ1n) is 6.49. The number of β-amino-alcohol motifs (C(OH)–C–C–N with tert-alkyl or cyclic N) is 1. The lowest BCUT2D eigenvalue weighted by Crippen LogP contribution is -2.53. The molecule has 0 aromatic carbocycles. The number of amides is 3. The maximum absolute atomic E-state index is 11.5. The van der Waals surface area contributed by atoms with E-state index in [2.05, 4.69) is 15.5 Å². The van der Waals surface area contributed by atoms with E-state index in [0.717, 1.165) is 26.2 Å². The molecule has 0 bridgehead atoms. The number of aliphatic hydroxyl groups is 1. The Balaban J connectivity index is 2.26. The topological polar surface area (TPSA) is 84.9 Å². The zero-order valence-corrected chi connectivity index (χ0v) is 11.9. The van der Waals surface area contributed by atoms with E-state index in [1.54, 1.807) is 13.8 Å². The van der Waals surface area contributed by atoms with E-state index in [4.69, 9.17) is 0 Å². The van der Waals surface area contributed by atoms with Crippen molar-refractivity contribution < 1.29 is 14.7 Å². The maximum atomic E-state index is 11.5. The molecule has 0 spiro atoms. The number of piperazine rings is 1. The number of hydrogen-bond acceptors (Lipinski definition) is 5. The van der Waals surface area contributed by atoms with Gasteiger partial charge in [0.25, 0.3) is 0 Å². The lowest BCUT2D eigenvalue weighted by Gasteiger charge is -2.36. The number of carbonyl (C=O) groups excluding carboxylic acids is 2. The van der Waals surface area contributed by atoms with Gasteiger partial charge < -0.3 is 10.4 Å². The first-order chi connectivity index (χ1) is 8.80. The number of hydrogen-bond donors (Lipinski definition) is 3. The number of carbonyl (C=O) groups is 2. The summed E-state index contributed by atoms with van der Waals surface area (Å²) in [5, 5.41) is 14.3. The normalized spacial score (nSPS) is 18.1. The molecule has 0 saturated carbocycles. The Morgan fingerprint density at radius 1 is 1.16 bits per heavy atom. The smallest absolute Gasteiger partial charge is 0.321 e. The molecule has 1 rings (SSSR count). The fourth-order valence-electron chi connectivity index (χ4n) is 2.08. The second-order valence-electron chi connectivity index (χ2n) is 5.49. The van der Waals surface area contributed by atoms with Crippen LogP contribution in [-0.2, 0) is 4.79 Å². The Bertz CT molecular complexity index is 319. The van der Waals surface area contributed by atoms with Crippen LogP contribution in [0.3, 0.4) is 0 Å². The van der Waals surface area contributed by atoms with Crippen LogP contribution in [0.15, 0.2) is 0 Å². The van der Waals surface area contributed by atoms with Crippen LogP contribution in [0.5, 0.6) is 0 Å². The summed E-state index contributed by atoms with van der Waals surface area (Å²) in [6.07, 6.45) is 0. The van der Waals surface area contributed by atoms with Gasteiger partial charge in [-0.2, -0.15) is 0 Å². The molecular formula is C12H24N4O3. The van der Waals surface area contributed by atoms with Gasteiger partial charge >= 0.3 is 6.03 Å². The summed E-state index contributed by atoms with van der Waals surface area (Å²) >= 11 is 0. The van der Waals surface area contributed by atoms with Gasteiger partial charge in [-0.3, -0.25) is 19.9 Å². The van der Waals surface area contributed by atoms with Gasteiger partial charge in [-0.05, 0) is 13.8 Å². The van der Waals surface area contributed by atoms with E-state index in [1.807, 2.05) is 4.90 Å². The third kappa shape index (κ3) is 6.51. The van der Waals surface area contributed by atoms with Crippen molar-refractivity contribution in [1.29, 1.82) is 0 Å². The third-order valence-electron chi connectivity index (χ3n) is 2.92. The summed E-state index contributed by atoms with van der Waals surface area (Å²) in [5.41, 5.74) is -0.696. The van der Waals surface area contributed by atoms with Gasteiger partial charge in [0.2, 0.25) is 5.91 Å². The Hall–Kier alpha value is -1.18. The maximum Gasteiger partial charge on any atom is 0.321 e. The second-order valence-corrected chi connectivity index (χ2v) is 5.49. The molecule has 3 N–H and O–H groups in total. The number of nitrogens with one attached hydrogen (secondary N) is 2. The average molecular weight is 272 g/mol. The lowest BCUT2D eigenvalue weighted by atomic mass is 10.1. The third-order valence-corrected chi connectivity index (χ3v) is 2.92. The minimum atomic E-state index is -0.696. The van der Waals surface area contributed by atoms with Crippen molar-refractivity contribution in [2.24, 2.45) is 0 Å². The van der Waals surface area contributed by atoms with Crippen molar-refractivity contribution in [2.45, 2.75) is 19.4 Å². The number of rotatable bonds is 4. The highest BCUT2D eigenvalue weighted by Gasteiger charge is 2.23. The lowest BCUT2D eigenvalue weighted by molar-refractivity contribution is -0.121. The highest BCUT2D eigenvalue weighted by Crippen LogP contribution is 2.08.